The fourth-order valence-corrected chi connectivity index (χ4v) is 1.72. The smallest absolute Gasteiger partial charge is 0.223 e. The Hall–Kier alpha value is -2.81. The highest BCUT2D eigenvalue weighted by molar-refractivity contribution is 5.51. The number of aromatic nitrogens is 2. The molecule has 0 saturated carbocycles. The molecule has 1 heterocycles. The fourth-order valence-electron chi connectivity index (χ4n) is 1.72. The Morgan fingerprint density at radius 1 is 1.15 bits per heavy atom. The van der Waals surface area contributed by atoms with Gasteiger partial charge in [0.2, 0.25) is 5.95 Å². The van der Waals surface area contributed by atoms with E-state index in [1.54, 1.807) is 12.1 Å². The van der Waals surface area contributed by atoms with Crippen molar-refractivity contribution in [2.24, 2.45) is 0 Å². The Morgan fingerprint density at radius 3 is 2.40 bits per heavy atom. The first-order valence-electron chi connectivity index (χ1n) is 6.32. The van der Waals surface area contributed by atoms with Gasteiger partial charge in [-0.2, -0.15) is 15.2 Å². The minimum Gasteiger partial charge on any atom is -0.370 e. The Balaban J connectivity index is 2.04. The van der Waals surface area contributed by atoms with E-state index in [9.17, 15) is 0 Å². The zero-order valence-corrected chi connectivity index (χ0v) is 11.2. The maximum absolute atomic E-state index is 8.74. The molecular formula is C14H16N6. The van der Waals surface area contributed by atoms with Crippen molar-refractivity contribution in [3.05, 3.63) is 41.5 Å². The van der Waals surface area contributed by atoms with E-state index in [0.29, 0.717) is 23.7 Å². The van der Waals surface area contributed by atoms with Gasteiger partial charge in [-0.25, -0.2) is 0 Å². The summed E-state index contributed by atoms with van der Waals surface area (Å²) >= 11 is 0. The summed E-state index contributed by atoms with van der Waals surface area (Å²) in [4.78, 5) is 8.21. The van der Waals surface area contributed by atoms with E-state index in [1.165, 1.54) is 0 Å². The van der Waals surface area contributed by atoms with Gasteiger partial charge in [0.25, 0.3) is 0 Å². The lowest BCUT2D eigenvalue weighted by atomic mass is 10.1. The van der Waals surface area contributed by atoms with Crippen LogP contribution in [-0.2, 0) is 6.54 Å². The second-order valence-corrected chi connectivity index (χ2v) is 4.19. The largest absolute Gasteiger partial charge is 0.370 e. The summed E-state index contributed by atoms with van der Waals surface area (Å²) in [7, 11) is 0. The van der Waals surface area contributed by atoms with Crippen LogP contribution in [0.3, 0.4) is 0 Å². The number of rotatable bonds is 5. The summed E-state index contributed by atoms with van der Waals surface area (Å²) in [6, 6.07) is 11.3. The summed E-state index contributed by atoms with van der Waals surface area (Å²) in [6.07, 6.45) is 0. The molecule has 0 aliphatic heterocycles. The minimum absolute atomic E-state index is 0.228. The molecule has 4 N–H and O–H groups in total. The molecule has 6 heteroatoms. The molecule has 0 fully saturated rings. The summed E-state index contributed by atoms with van der Waals surface area (Å²) in [5.74, 6) is 1.59. The van der Waals surface area contributed by atoms with Crippen LogP contribution < -0.4 is 16.4 Å². The molecule has 0 unspecified atom stereocenters. The number of nitrogen functional groups attached to an aromatic ring is 1. The van der Waals surface area contributed by atoms with Crippen molar-refractivity contribution in [1.82, 2.24) is 9.97 Å². The quantitative estimate of drug-likeness (QED) is 0.766. The van der Waals surface area contributed by atoms with E-state index in [-0.39, 0.29) is 5.95 Å². The molecule has 1 aromatic carbocycles. The second-order valence-electron chi connectivity index (χ2n) is 4.19. The minimum atomic E-state index is 0.228. The highest BCUT2D eigenvalue weighted by Crippen LogP contribution is 2.13. The van der Waals surface area contributed by atoms with Gasteiger partial charge in [0, 0.05) is 19.2 Å². The highest BCUT2D eigenvalue weighted by atomic mass is 15.1. The van der Waals surface area contributed by atoms with Crippen molar-refractivity contribution in [2.45, 2.75) is 13.5 Å². The first-order chi connectivity index (χ1) is 9.71. The highest BCUT2D eigenvalue weighted by Gasteiger charge is 2.02. The standard InChI is InChI=1S/C14H16N6/c1-2-17-12-7-13(20-14(16)19-12)18-9-11-5-3-10(8-15)4-6-11/h3-7H,2,9H2,1H3,(H4,16,17,18,19,20). The van der Waals surface area contributed by atoms with Crippen molar-refractivity contribution in [3.63, 3.8) is 0 Å². The molecule has 0 amide bonds. The number of nitrogens with zero attached hydrogens (tertiary/aromatic N) is 3. The molecule has 1 aromatic heterocycles. The number of nitriles is 1. The van der Waals surface area contributed by atoms with Crippen LogP contribution in [0.5, 0.6) is 0 Å². The van der Waals surface area contributed by atoms with Gasteiger partial charge in [-0.05, 0) is 24.6 Å². The predicted octanol–water partition coefficient (Wildman–Crippen LogP) is 1.97. The van der Waals surface area contributed by atoms with Crippen LogP contribution in [-0.4, -0.2) is 16.5 Å². The third-order valence-corrected chi connectivity index (χ3v) is 2.66. The van der Waals surface area contributed by atoms with E-state index >= 15 is 0 Å². The van der Waals surface area contributed by atoms with Gasteiger partial charge < -0.3 is 16.4 Å². The van der Waals surface area contributed by atoms with Crippen LogP contribution >= 0.6 is 0 Å². The van der Waals surface area contributed by atoms with Crippen molar-refractivity contribution in [2.75, 3.05) is 22.9 Å². The molecule has 0 atom stereocenters. The molecule has 102 valence electrons. The Bertz CT molecular complexity index is 615. The van der Waals surface area contributed by atoms with E-state index in [0.717, 1.165) is 12.1 Å². The average Bonchev–Trinajstić information content (AvgIpc) is 2.45. The monoisotopic (exact) mass is 268 g/mol. The summed E-state index contributed by atoms with van der Waals surface area (Å²) < 4.78 is 0. The molecular weight excluding hydrogens is 252 g/mol. The fraction of sp³-hybridized carbons (Fsp3) is 0.214. The molecule has 2 aromatic rings. The zero-order chi connectivity index (χ0) is 14.4. The van der Waals surface area contributed by atoms with Crippen LogP contribution in [0.15, 0.2) is 30.3 Å². The van der Waals surface area contributed by atoms with Gasteiger partial charge in [0.05, 0.1) is 11.6 Å². The van der Waals surface area contributed by atoms with E-state index in [1.807, 2.05) is 25.1 Å². The van der Waals surface area contributed by atoms with Crippen molar-refractivity contribution < 1.29 is 0 Å². The first-order valence-corrected chi connectivity index (χ1v) is 6.32. The lowest BCUT2D eigenvalue weighted by Gasteiger charge is -2.09. The summed E-state index contributed by atoms with van der Waals surface area (Å²) in [5, 5.41) is 15.0. The molecule has 2 rings (SSSR count). The average molecular weight is 268 g/mol. The second kappa shape index (κ2) is 6.38. The van der Waals surface area contributed by atoms with Gasteiger partial charge in [-0.3, -0.25) is 0 Å². The Labute approximate surface area is 117 Å². The van der Waals surface area contributed by atoms with Gasteiger partial charge >= 0.3 is 0 Å². The van der Waals surface area contributed by atoms with Gasteiger partial charge in [0.1, 0.15) is 11.6 Å². The number of nitrogens with one attached hydrogen (secondary N) is 2. The Morgan fingerprint density at radius 2 is 1.80 bits per heavy atom. The maximum Gasteiger partial charge on any atom is 0.223 e. The molecule has 6 nitrogen and oxygen atoms in total. The zero-order valence-electron chi connectivity index (χ0n) is 11.2. The third-order valence-electron chi connectivity index (χ3n) is 2.66. The number of nitrogens with two attached hydrogens (primary N) is 1. The third kappa shape index (κ3) is 3.59. The van der Waals surface area contributed by atoms with E-state index in [2.05, 4.69) is 26.7 Å². The van der Waals surface area contributed by atoms with Crippen LogP contribution in [0.25, 0.3) is 0 Å². The molecule has 0 saturated heterocycles. The number of hydrogen-bond acceptors (Lipinski definition) is 6. The molecule has 20 heavy (non-hydrogen) atoms. The predicted molar refractivity (Wildman–Crippen MR) is 79.1 cm³/mol. The molecule has 0 aliphatic rings. The summed E-state index contributed by atoms with van der Waals surface area (Å²) in [6.45, 7) is 3.36. The SMILES string of the molecule is CCNc1cc(NCc2ccc(C#N)cc2)nc(N)n1. The lowest BCUT2D eigenvalue weighted by Crippen LogP contribution is -2.07. The molecule has 0 spiro atoms. The Kier molecular flexibility index (Phi) is 4.35. The van der Waals surface area contributed by atoms with Crippen LogP contribution in [0.4, 0.5) is 17.6 Å². The molecule has 0 bridgehead atoms. The van der Waals surface area contributed by atoms with Crippen LogP contribution in [0.2, 0.25) is 0 Å². The van der Waals surface area contributed by atoms with Crippen molar-refractivity contribution in [1.29, 1.82) is 5.26 Å². The normalized spacial score (nSPS) is 9.80. The van der Waals surface area contributed by atoms with Gasteiger partial charge in [0.15, 0.2) is 0 Å². The molecule has 0 aliphatic carbocycles. The lowest BCUT2D eigenvalue weighted by molar-refractivity contribution is 1.07. The molecule has 0 radical (unpaired) electrons. The van der Waals surface area contributed by atoms with Crippen molar-refractivity contribution >= 4 is 17.6 Å². The van der Waals surface area contributed by atoms with Crippen molar-refractivity contribution in [3.8, 4) is 6.07 Å². The van der Waals surface area contributed by atoms with E-state index < -0.39 is 0 Å². The van der Waals surface area contributed by atoms with E-state index in [4.69, 9.17) is 11.0 Å². The number of hydrogen-bond donors (Lipinski definition) is 3. The van der Waals surface area contributed by atoms with Crippen LogP contribution in [0, 0.1) is 11.3 Å². The number of anilines is 3. The maximum atomic E-state index is 8.74. The number of benzene rings is 1. The van der Waals surface area contributed by atoms with Gasteiger partial charge in [-0.1, -0.05) is 12.1 Å². The topological polar surface area (TPSA) is 99.6 Å². The summed E-state index contributed by atoms with van der Waals surface area (Å²) in [5.41, 5.74) is 7.37. The van der Waals surface area contributed by atoms with Crippen LogP contribution in [0.1, 0.15) is 18.1 Å². The first kappa shape index (κ1) is 13.6. The van der Waals surface area contributed by atoms with Gasteiger partial charge in [-0.15, -0.1) is 0 Å².